The summed E-state index contributed by atoms with van der Waals surface area (Å²) in [7, 11) is 0. The van der Waals surface area contributed by atoms with E-state index < -0.39 is 22.3 Å². The fourth-order valence-electron chi connectivity index (χ4n) is 2.30. The number of nitrogens with one attached hydrogen (secondary N) is 1. The molecule has 0 saturated carbocycles. The molecule has 0 radical (unpaired) electrons. The van der Waals surface area contributed by atoms with Gasteiger partial charge in [0.15, 0.2) is 17.4 Å². The molecule has 3 aromatic rings. The van der Waals surface area contributed by atoms with E-state index in [9.17, 15) is 23.7 Å². The van der Waals surface area contributed by atoms with Crippen molar-refractivity contribution in [1.29, 1.82) is 0 Å². The number of aromatic amines is 1. The van der Waals surface area contributed by atoms with Crippen LogP contribution in [0.2, 0.25) is 5.02 Å². The second-order valence-corrected chi connectivity index (χ2v) is 5.87. The number of carbonyl (C=O) groups is 1. The van der Waals surface area contributed by atoms with Gasteiger partial charge in [-0.3, -0.25) is 20.0 Å². The molecule has 1 heterocycles. The lowest BCUT2D eigenvalue weighted by atomic mass is 10.1. The summed E-state index contributed by atoms with van der Waals surface area (Å²) in [5.41, 5.74) is 1.10. The molecule has 0 unspecified atom stereocenters. The number of nitro benzene ring substituents is 1. The highest BCUT2D eigenvalue weighted by atomic mass is 35.5. The normalized spacial score (nSPS) is 11.1. The van der Waals surface area contributed by atoms with Gasteiger partial charge in [0.2, 0.25) is 0 Å². The van der Waals surface area contributed by atoms with E-state index in [1.807, 2.05) is 0 Å². The number of benzene rings is 2. The maximum absolute atomic E-state index is 13.3. The molecule has 1 aromatic heterocycles. The molecule has 0 spiro atoms. The summed E-state index contributed by atoms with van der Waals surface area (Å²) in [5.74, 6) is -2.37. The predicted molar refractivity (Wildman–Crippen MR) is 95.4 cm³/mol. The Bertz CT molecular complexity index is 1080. The van der Waals surface area contributed by atoms with Gasteiger partial charge in [0.05, 0.1) is 16.3 Å². The standard InChI is InChI=1S/C18H10ClF2N3O3/c19-13-7-11(2-5-17(13)24(26)27)18(25)6-3-12-9-16(23-22-12)10-1-4-14(20)15(21)8-10/h1-9H,(H,22,23). The van der Waals surface area contributed by atoms with Crippen LogP contribution in [0, 0.1) is 21.7 Å². The van der Waals surface area contributed by atoms with Crippen LogP contribution in [0.25, 0.3) is 17.3 Å². The Morgan fingerprint density at radius 3 is 2.59 bits per heavy atom. The largest absolute Gasteiger partial charge is 0.289 e. The van der Waals surface area contributed by atoms with E-state index in [1.54, 1.807) is 6.07 Å². The number of carbonyl (C=O) groups excluding carboxylic acids is 1. The van der Waals surface area contributed by atoms with Crippen molar-refractivity contribution in [2.45, 2.75) is 0 Å². The van der Waals surface area contributed by atoms with Gasteiger partial charge in [-0.1, -0.05) is 11.6 Å². The van der Waals surface area contributed by atoms with Gasteiger partial charge in [-0.2, -0.15) is 5.10 Å². The van der Waals surface area contributed by atoms with Crippen molar-refractivity contribution in [3.8, 4) is 11.3 Å². The smallest absolute Gasteiger partial charge is 0.287 e. The van der Waals surface area contributed by atoms with Crippen molar-refractivity contribution in [2.75, 3.05) is 0 Å². The van der Waals surface area contributed by atoms with Crippen LogP contribution >= 0.6 is 11.6 Å². The molecular formula is C18H10ClF2N3O3. The number of hydrogen-bond acceptors (Lipinski definition) is 4. The SMILES string of the molecule is O=C(C=Cc1cc(-c2ccc(F)c(F)c2)n[nH]1)c1ccc([N+](=O)[O-])c(Cl)c1. The van der Waals surface area contributed by atoms with Gasteiger partial charge in [0, 0.05) is 17.2 Å². The van der Waals surface area contributed by atoms with Crippen LogP contribution in [-0.4, -0.2) is 20.9 Å². The molecule has 9 heteroatoms. The molecule has 3 rings (SSSR count). The Labute approximate surface area is 156 Å². The zero-order valence-corrected chi connectivity index (χ0v) is 14.2. The van der Waals surface area contributed by atoms with E-state index in [0.717, 1.165) is 18.2 Å². The topological polar surface area (TPSA) is 88.9 Å². The number of H-pyrrole nitrogens is 1. The maximum atomic E-state index is 13.3. The average molecular weight is 390 g/mol. The van der Waals surface area contributed by atoms with Crippen LogP contribution in [0.1, 0.15) is 16.1 Å². The Morgan fingerprint density at radius 1 is 1.15 bits per heavy atom. The fraction of sp³-hybridized carbons (Fsp3) is 0. The van der Waals surface area contributed by atoms with Crippen molar-refractivity contribution in [2.24, 2.45) is 0 Å². The molecule has 1 N–H and O–H groups in total. The summed E-state index contributed by atoms with van der Waals surface area (Å²) in [5, 5.41) is 17.2. The Morgan fingerprint density at radius 2 is 1.93 bits per heavy atom. The molecule has 0 fully saturated rings. The molecule has 0 saturated heterocycles. The van der Waals surface area contributed by atoms with E-state index >= 15 is 0 Å². The molecule has 0 bridgehead atoms. The van der Waals surface area contributed by atoms with Gasteiger partial charge < -0.3 is 0 Å². The van der Waals surface area contributed by atoms with Gasteiger partial charge >= 0.3 is 0 Å². The molecule has 0 aliphatic carbocycles. The van der Waals surface area contributed by atoms with Crippen molar-refractivity contribution in [3.63, 3.8) is 0 Å². The Kier molecular flexibility index (Phi) is 5.09. The molecule has 27 heavy (non-hydrogen) atoms. The van der Waals surface area contributed by atoms with Gasteiger partial charge in [-0.15, -0.1) is 0 Å². The van der Waals surface area contributed by atoms with Crippen LogP contribution in [0.4, 0.5) is 14.5 Å². The van der Waals surface area contributed by atoms with Gasteiger partial charge in [-0.05, 0) is 48.6 Å². The summed E-state index contributed by atoms with van der Waals surface area (Å²) >= 11 is 5.79. The molecule has 0 aliphatic heterocycles. The van der Waals surface area contributed by atoms with Crippen molar-refractivity contribution in [3.05, 3.63) is 86.6 Å². The molecule has 6 nitrogen and oxygen atoms in total. The molecule has 2 aromatic carbocycles. The molecular weight excluding hydrogens is 380 g/mol. The van der Waals surface area contributed by atoms with Crippen molar-refractivity contribution < 1.29 is 18.5 Å². The quantitative estimate of drug-likeness (QED) is 0.293. The third-order valence-electron chi connectivity index (χ3n) is 3.66. The highest BCUT2D eigenvalue weighted by Gasteiger charge is 2.14. The predicted octanol–water partition coefficient (Wildman–Crippen LogP) is 4.81. The second kappa shape index (κ2) is 7.46. The summed E-state index contributed by atoms with van der Waals surface area (Å²) in [6.07, 6.45) is 2.67. The Hall–Kier alpha value is -3.39. The average Bonchev–Trinajstić information content (AvgIpc) is 3.10. The summed E-state index contributed by atoms with van der Waals surface area (Å²) in [6.45, 7) is 0. The minimum atomic E-state index is -0.988. The van der Waals surface area contributed by atoms with E-state index in [-0.39, 0.29) is 16.3 Å². The first-order valence-corrected chi connectivity index (χ1v) is 7.90. The monoisotopic (exact) mass is 389 g/mol. The number of hydrogen-bond donors (Lipinski definition) is 1. The number of nitrogens with zero attached hydrogens (tertiary/aromatic N) is 2. The highest BCUT2D eigenvalue weighted by Crippen LogP contribution is 2.25. The number of ketones is 1. The number of rotatable bonds is 5. The van der Waals surface area contributed by atoms with Crippen LogP contribution in [0.5, 0.6) is 0 Å². The van der Waals surface area contributed by atoms with Gasteiger partial charge in [0.1, 0.15) is 5.02 Å². The van der Waals surface area contributed by atoms with E-state index in [0.29, 0.717) is 17.0 Å². The third kappa shape index (κ3) is 4.06. The van der Waals surface area contributed by atoms with Gasteiger partial charge in [-0.25, -0.2) is 8.78 Å². The zero-order chi connectivity index (χ0) is 19.6. The fourth-order valence-corrected chi connectivity index (χ4v) is 2.54. The maximum Gasteiger partial charge on any atom is 0.287 e. The zero-order valence-electron chi connectivity index (χ0n) is 13.4. The molecule has 0 atom stereocenters. The van der Waals surface area contributed by atoms with E-state index in [4.69, 9.17) is 11.6 Å². The Balaban J connectivity index is 1.77. The number of nitro groups is 1. The lowest BCUT2D eigenvalue weighted by molar-refractivity contribution is -0.384. The lowest BCUT2D eigenvalue weighted by Crippen LogP contribution is -1.96. The van der Waals surface area contributed by atoms with Crippen LogP contribution in [0.3, 0.4) is 0 Å². The first-order valence-electron chi connectivity index (χ1n) is 7.52. The number of halogens is 3. The number of aromatic nitrogens is 2. The van der Waals surface area contributed by atoms with Crippen molar-refractivity contribution in [1.82, 2.24) is 10.2 Å². The van der Waals surface area contributed by atoms with E-state index in [2.05, 4.69) is 10.2 Å². The van der Waals surface area contributed by atoms with Gasteiger partial charge in [0.25, 0.3) is 5.69 Å². The summed E-state index contributed by atoms with van der Waals surface area (Å²) in [6, 6.07) is 8.62. The van der Waals surface area contributed by atoms with Crippen LogP contribution in [-0.2, 0) is 0 Å². The second-order valence-electron chi connectivity index (χ2n) is 5.46. The summed E-state index contributed by atoms with van der Waals surface area (Å²) < 4.78 is 26.3. The first-order chi connectivity index (χ1) is 12.8. The van der Waals surface area contributed by atoms with Crippen LogP contribution in [0.15, 0.2) is 48.5 Å². The molecule has 0 aliphatic rings. The lowest BCUT2D eigenvalue weighted by Gasteiger charge is -1.98. The van der Waals surface area contributed by atoms with Crippen LogP contribution < -0.4 is 0 Å². The highest BCUT2D eigenvalue weighted by molar-refractivity contribution is 6.33. The molecule has 136 valence electrons. The molecule has 0 amide bonds. The first kappa shape index (κ1) is 18.4. The third-order valence-corrected chi connectivity index (χ3v) is 3.96. The minimum absolute atomic E-state index is 0.138. The minimum Gasteiger partial charge on any atom is -0.289 e. The van der Waals surface area contributed by atoms with E-state index in [1.165, 1.54) is 30.4 Å². The van der Waals surface area contributed by atoms with Crippen molar-refractivity contribution >= 4 is 29.1 Å². The number of allylic oxidation sites excluding steroid dienone is 1. The summed E-state index contributed by atoms with van der Waals surface area (Å²) in [4.78, 5) is 22.3.